The summed E-state index contributed by atoms with van der Waals surface area (Å²) >= 11 is 0. The molecule has 0 aromatic heterocycles. The monoisotopic (exact) mass is 234 g/mol. The molecule has 0 aliphatic heterocycles. The van der Waals surface area contributed by atoms with Crippen molar-refractivity contribution in [2.24, 2.45) is 5.92 Å². The van der Waals surface area contributed by atoms with E-state index in [1.165, 1.54) is 30.4 Å². The van der Waals surface area contributed by atoms with Gasteiger partial charge in [0.1, 0.15) is 0 Å². The van der Waals surface area contributed by atoms with Crippen molar-refractivity contribution in [1.82, 2.24) is 5.32 Å². The fourth-order valence-corrected chi connectivity index (χ4v) is 1.91. The molecule has 0 fully saturated rings. The minimum atomic E-state index is 0.822. The van der Waals surface area contributed by atoms with E-state index in [0.717, 1.165) is 24.7 Å². The molecule has 3 N–H and O–H groups in total. The molecule has 0 atom stereocenters. The lowest BCUT2D eigenvalue weighted by Crippen LogP contribution is -2.16. The molecule has 96 valence electrons. The molecule has 0 saturated carbocycles. The molecule has 0 aliphatic carbocycles. The van der Waals surface area contributed by atoms with Crippen LogP contribution >= 0.6 is 0 Å². The van der Waals surface area contributed by atoms with Crippen LogP contribution in [0.1, 0.15) is 44.2 Å². The minimum absolute atomic E-state index is 0.822. The number of unbranched alkanes of at least 4 members (excludes halogenated alkanes) is 1. The normalized spacial score (nSPS) is 11.1. The van der Waals surface area contributed by atoms with Crippen LogP contribution in [0.15, 0.2) is 18.2 Å². The van der Waals surface area contributed by atoms with Crippen LogP contribution in [0.3, 0.4) is 0 Å². The van der Waals surface area contributed by atoms with Crippen LogP contribution in [0.4, 0.5) is 5.69 Å². The number of nitrogen functional groups attached to an aromatic ring is 1. The summed E-state index contributed by atoms with van der Waals surface area (Å²) in [5.41, 5.74) is 9.31. The van der Waals surface area contributed by atoms with E-state index in [2.05, 4.69) is 38.2 Å². The molecule has 17 heavy (non-hydrogen) atoms. The first-order valence-corrected chi connectivity index (χ1v) is 6.65. The Morgan fingerprint density at radius 2 is 2.00 bits per heavy atom. The molecule has 0 radical (unpaired) electrons. The van der Waals surface area contributed by atoms with Crippen molar-refractivity contribution in [2.75, 3.05) is 12.3 Å². The Labute approximate surface area is 106 Å². The number of nitrogens with one attached hydrogen (secondary N) is 1. The van der Waals surface area contributed by atoms with Gasteiger partial charge in [-0.15, -0.1) is 0 Å². The van der Waals surface area contributed by atoms with Crippen molar-refractivity contribution in [3.05, 3.63) is 29.3 Å². The molecular weight excluding hydrogens is 208 g/mol. The summed E-state index contributed by atoms with van der Waals surface area (Å²) < 4.78 is 0. The molecule has 1 aromatic carbocycles. The Morgan fingerprint density at radius 3 is 2.71 bits per heavy atom. The standard InChI is InChI=1S/C15H26N2/c1-12(2)6-4-5-9-17-11-14-10-13(3)7-8-15(14)16/h7-8,10,12,17H,4-6,9,11,16H2,1-3H3. The van der Waals surface area contributed by atoms with Crippen LogP contribution in [-0.4, -0.2) is 6.54 Å². The number of aryl methyl sites for hydroxylation is 1. The minimum Gasteiger partial charge on any atom is -0.398 e. The van der Waals surface area contributed by atoms with Crippen LogP contribution in [0.2, 0.25) is 0 Å². The summed E-state index contributed by atoms with van der Waals surface area (Å²) in [7, 11) is 0. The van der Waals surface area contributed by atoms with Crippen molar-refractivity contribution < 1.29 is 0 Å². The predicted molar refractivity (Wildman–Crippen MR) is 76.0 cm³/mol. The second kappa shape index (κ2) is 7.33. The van der Waals surface area contributed by atoms with Gasteiger partial charge in [0.2, 0.25) is 0 Å². The van der Waals surface area contributed by atoms with Crippen molar-refractivity contribution in [3.8, 4) is 0 Å². The zero-order valence-electron chi connectivity index (χ0n) is 11.4. The van der Waals surface area contributed by atoms with E-state index in [-0.39, 0.29) is 0 Å². The predicted octanol–water partition coefficient (Wildman–Crippen LogP) is 3.49. The number of hydrogen-bond donors (Lipinski definition) is 2. The Bertz CT molecular complexity index is 332. The van der Waals surface area contributed by atoms with E-state index >= 15 is 0 Å². The van der Waals surface area contributed by atoms with Crippen LogP contribution in [0.25, 0.3) is 0 Å². The lowest BCUT2D eigenvalue weighted by molar-refractivity contribution is 0.521. The molecule has 0 heterocycles. The highest BCUT2D eigenvalue weighted by Gasteiger charge is 1.99. The maximum Gasteiger partial charge on any atom is 0.0359 e. The van der Waals surface area contributed by atoms with Crippen molar-refractivity contribution in [1.29, 1.82) is 0 Å². The van der Waals surface area contributed by atoms with Gasteiger partial charge in [0.05, 0.1) is 0 Å². The van der Waals surface area contributed by atoms with Gasteiger partial charge in [-0.3, -0.25) is 0 Å². The Morgan fingerprint density at radius 1 is 1.24 bits per heavy atom. The lowest BCUT2D eigenvalue weighted by atomic mass is 10.1. The third-order valence-electron chi connectivity index (χ3n) is 3.00. The average molecular weight is 234 g/mol. The molecule has 0 bridgehead atoms. The first-order chi connectivity index (χ1) is 8.09. The van der Waals surface area contributed by atoms with Gasteiger partial charge in [-0.1, -0.05) is 44.4 Å². The molecule has 1 aromatic rings. The summed E-state index contributed by atoms with van der Waals surface area (Å²) in [5.74, 6) is 0.822. The number of benzene rings is 1. The van der Waals surface area contributed by atoms with E-state index in [0.29, 0.717) is 0 Å². The quantitative estimate of drug-likeness (QED) is 0.560. The van der Waals surface area contributed by atoms with E-state index in [9.17, 15) is 0 Å². The molecule has 1 rings (SSSR count). The summed E-state index contributed by atoms with van der Waals surface area (Å²) in [5, 5.41) is 3.46. The number of nitrogens with two attached hydrogens (primary N) is 1. The van der Waals surface area contributed by atoms with Gasteiger partial charge in [0, 0.05) is 12.2 Å². The average Bonchev–Trinajstić information content (AvgIpc) is 2.27. The van der Waals surface area contributed by atoms with E-state index < -0.39 is 0 Å². The largest absolute Gasteiger partial charge is 0.398 e. The molecule has 0 unspecified atom stereocenters. The third-order valence-corrected chi connectivity index (χ3v) is 3.00. The zero-order chi connectivity index (χ0) is 12.7. The van der Waals surface area contributed by atoms with E-state index in [1.54, 1.807) is 0 Å². The summed E-state index contributed by atoms with van der Waals surface area (Å²) in [6.07, 6.45) is 3.89. The van der Waals surface area contributed by atoms with Gasteiger partial charge in [0.15, 0.2) is 0 Å². The lowest BCUT2D eigenvalue weighted by Gasteiger charge is -2.09. The molecule has 0 amide bonds. The molecule has 0 aliphatic rings. The number of anilines is 1. The van der Waals surface area contributed by atoms with Crippen molar-refractivity contribution in [2.45, 2.75) is 46.6 Å². The fraction of sp³-hybridized carbons (Fsp3) is 0.600. The van der Waals surface area contributed by atoms with Crippen LogP contribution in [0, 0.1) is 12.8 Å². The molecular formula is C15H26N2. The first-order valence-electron chi connectivity index (χ1n) is 6.65. The summed E-state index contributed by atoms with van der Waals surface area (Å²) in [6.45, 7) is 8.63. The van der Waals surface area contributed by atoms with Crippen molar-refractivity contribution in [3.63, 3.8) is 0 Å². The maximum atomic E-state index is 5.93. The van der Waals surface area contributed by atoms with Gasteiger partial charge in [0.25, 0.3) is 0 Å². The molecule has 2 nitrogen and oxygen atoms in total. The topological polar surface area (TPSA) is 38.0 Å². The second-order valence-electron chi connectivity index (χ2n) is 5.27. The summed E-state index contributed by atoms with van der Waals surface area (Å²) in [4.78, 5) is 0. The Balaban J connectivity index is 2.20. The second-order valence-corrected chi connectivity index (χ2v) is 5.27. The Kier molecular flexibility index (Phi) is 6.06. The molecule has 2 heteroatoms. The SMILES string of the molecule is Cc1ccc(N)c(CNCCCCC(C)C)c1. The van der Waals surface area contributed by atoms with E-state index in [4.69, 9.17) is 5.73 Å². The zero-order valence-corrected chi connectivity index (χ0v) is 11.4. The van der Waals surface area contributed by atoms with Gasteiger partial charge in [-0.25, -0.2) is 0 Å². The van der Waals surface area contributed by atoms with Gasteiger partial charge in [-0.2, -0.15) is 0 Å². The highest BCUT2D eigenvalue weighted by Crippen LogP contribution is 2.13. The van der Waals surface area contributed by atoms with Crippen LogP contribution < -0.4 is 11.1 Å². The van der Waals surface area contributed by atoms with Crippen LogP contribution in [0.5, 0.6) is 0 Å². The maximum absolute atomic E-state index is 5.93. The Hall–Kier alpha value is -1.02. The number of hydrogen-bond acceptors (Lipinski definition) is 2. The van der Waals surface area contributed by atoms with Gasteiger partial charge >= 0.3 is 0 Å². The highest BCUT2D eigenvalue weighted by molar-refractivity contribution is 5.48. The smallest absolute Gasteiger partial charge is 0.0359 e. The molecule has 0 spiro atoms. The third kappa shape index (κ3) is 5.73. The van der Waals surface area contributed by atoms with Crippen LogP contribution in [-0.2, 0) is 6.54 Å². The highest BCUT2D eigenvalue weighted by atomic mass is 14.8. The van der Waals surface area contributed by atoms with Gasteiger partial charge < -0.3 is 11.1 Å². The van der Waals surface area contributed by atoms with Gasteiger partial charge in [-0.05, 0) is 37.4 Å². The first kappa shape index (κ1) is 14.0. The molecule has 0 saturated heterocycles. The number of rotatable bonds is 7. The van der Waals surface area contributed by atoms with Crippen molar-refractivity contribution >= 4 is 5.69 Å². The summed E-state index contributed by atoms with van der Waals surface area (Å²) in [6, 6.07) is 6.21. The fourth-order valence-electron chi connectivity index (χ4n) is 1.91. The van der Waals surface area contributed by atoms with E-state index in [1.807, 2.05) is 6.07 Å².